The zero-order valence-electron chi connectivity index (χ0n) is 10.4. The van der Waals surface area contributed by atoms with Crippen LogP contribution < -0.4 is 0 Å². The molecule has 1 fully saturated rings. The summed E-state index contributed by atoms with van der Waals surface area (Å²) in [7, 11) is 0. The van der Waals surface area contributed by atoms with Crippen LogP contribution in [0, 0.1) is 0 Å². The Labute approximate surface area is 102 Å². The minimum atomic E-state index is -1.14. The molecule has 94 valence electrons. The number of nitrogens with zero attached hydrogens (tertiary/aromatic N) is 2. The average molecular weight is 236 g/mol. The Morgan fingerprint density at radius 2 is 2.18 bits per heavy atom. The predicted octanol–water partition coefficient (Wildman–Crippen LogP) is 2.17. The summed E-state index contributed by atoms with van der Waals surface area (Å²) in [6.07, 6.45) is 8.47. The lowest BCUT2D eigenvalue weighted by Crippen LogP contribution is -2.40. The van der Waals surface area contributed by atoms with Gasteiger partial charge in [0, 0.05) is 12.7 Å². The summed E-state index contributed by atoms with van der Waals surface area (Å²) in [6, 6.07) is 0. The first-order valence-corrected chi connectivity index (χ1v) is 6.45. The minimum Gasteiger partial charge on any atom is -0.382 e. The van der Waals surface area contributed by atoms with Gasteiger partial charge in [-0.3, -0.25) is 9.48 Å². The number of hydrogen-bond donors (Lipinski definition) is 1. The predicted molar refractivity (Wildman–Crippen MR) is 64.9 cm³/mol. The van der Waals surface area contributed by atoms with Crippen LogP contribution in [0.25, 0.3) is 0 Å². The van der Waals surface area contributed by atoms with Gasteiger partial charge in [-0.2, -0.15) is 5.10 Å². The van der Waals surface area contributed by atoms with E-state index >= 15 is 0 Å². The Bertz CT molecular complexity index is 392. The molecule has 4 heteroatoms. The van der Waals surface area contributed by atoms with E-state index in [1.807, 2.05) is 0 Å². The second-order valence-electron chi connectivity index (χ2n) is 4.91. The standard InChI is InChI=1S/C13H20N2O2/c1-2-8-15-10-11(9-14-15)12(16)13(17)6-4-3-5-7-13/h9-10,17H,2-8H2,1H3. The van der Waals surface area contributed by atoms with Crippen LogP contribution in [0.4, 0.5) is 0 Å². The van der Waals surface area contributed by atoms with Crippen LogP contribution >= 0.6 is 0 Å². The van der Waals surface area contributed by atoms with Gasteiger partial charge in [0.15, 0.2) is 5.78 Å². The van der Waals surface area contributed by atoms with E-state index in [0.29, 0.717) is 18.4 Å². The second kappa shape index (κ2) is 5.00. The Hall–Kier alpha value is -1.16. The first-order valence-electron chi connectivity index (χ1n) is 6.45. The summed E-state index contributed by atoms with van der Waals surface area (Å²) >= 11 is 0. The molecule has 0 radical (unpaired) electrons. The molecule has 2 rings (SSSR count). The average Bonchev–Trinajstić information content (AvgIpc) is 2.78. The highest BCUT2D eigenvalue weighted by molar-refractivity contribution is 6.02. The molecule has 1 aromatic rings. The van der Waals surface area contributed by atoms with Gasteiger partial charge in [0.05, 0.1) is 11.8 Å². The molecule has 0 aromatic carbocycles. The molecule has 4 nitrogen and oxygen atoms in total. The fraction of sp³-hybridized carbons (Fsp3) is 0.692. The molecule has 0 bridgehead atoms. The second-order valence-corrected chi connectivity index (χ2v) is 4.91. The first kappa shape index (κ1) is 12.3. The highest BCUT2D eigenvalue weighted by Crippen LogP contribution is 2.30. The van der Waals surface area contributed by atoms with Crippen LogP contribution in [0.2, 0.25) is 0 Å². The van der Waals surface area contributed by atoms with Crippen LogP contribution in [-0.4, -0.2) is 26.3 Å². The van der Waals surface area contributed by atoms with Crippen LogP contribution in [0.15, 0.2) is 12.4 Å². The lowest BCUT2D eigenvalue weighted by atomic mass is 9.80. The zero-order valence-corrected chi connectivity index (χ0v) is 10.4. The Kier molecular flexibility index (Phi) is 3.62. The van der Waals surface area contributed by atoms with Crippen molar-refractivity contribution in [2.24, 2.45) is 0 Å². The molecule has 1 heterocycles. The summed E-state index contributed by atoms with van der Waals surface area (Å²) in [5.41, 5.74) is -0.596. The Morgan fingerprint density at radius 1 is 1.47 bits per heavy atom. The van der Waals surface area contributed by atoms with Gasteiger partial charge in [-0.05, 0) is 19.3 Å². The van der Waals surface area contributed by atoms with Crippen molar-refractivity contribution in [2.45, 2.75) is 57.6 Å². The molecule has 17 heavy (non-hydrogen) atoms. The van der Waals surface area contributed by atoms with Crippen molar-refractivity contribution in [1.82, 2.24) is 9.78 Å². The Morgan fingerprint density at radius 3 is 2.82 bits per heavy atom. The van der Waals surface area contributed by atoms with Crippen molar-refractivity contribution in [3.63, 3.8) is 0 Å². The summed E-state index contributed by atoms with van der Waals surface area (Å²) in [4.78, 5) is 12.2. The molecule has 1 aliphatic rings. The number of aryl methyl sites for hydroxylation is 1. The number of carbonyl (C=O) groups excluding carboxylic acids is 1. The van der Waals surface area contributed by atoms with Gasteiger partial charge in [-0.25, -0.2) is 0 Å². The third kappa shape index (κ3) is 2.57. The molecule has 1 saturated carbocycles. The topological polar surface area (TPSA) is 55.1 Å². The van der Waals surface area contributed by atoms with Gasteiger partial charge >= 0.3 is 0 Å². The fourth-order valence-corrected chi connectivity index (χ4v) is 2.46. The molecule has 0 unspecified atom stereocenters. The van der Waals surface area contributed by atoms with Crippen LogP contribution in [-0.2, 0) is 6.54 Å². The number of aliphatic hydroxyl groups is 1. The molecule has 0 aliphatic heterocycles. The van der Waals surface area contributed by atoms with Crippen molar-refractivity contribution in [3.05, 3.63) is 18.0 Å². The fourth-order valence-electron chi connectivity index (χ4n) is 2.46. The van der Waals surface area contributed by atoms with Crippen molar-refractivity contribution < 1.29 is 9.90 Å². The van der Waals surface area contributed by atoms with E-state index in [4.69, 9.17) is 0 Å². The molecule has 1 N–H and O–H groups in total. The minimum absolute atomic E-state index is 0.153. The lowest BCUT2D eigenvalue weighted by molar-refractivity contribution is 0.0116. The third-order valence-corrected chi connectivity index (χ3v) is 3.45. The molecule has 0 amide bonds. The molecule has 0 spiro atoms. The van der Waals surface area contributed by atoms with Gasteiger partial charge in [-0.15, -0.1) is 0 Å². The van der Waals surface area contributed by atoms with E-state index in [1.54, 1.807) is 17.1 Å². The van der Waals surface area contributed by atoms with Gasteiger partial charge in [0.2, 0.25) is 0 Å². The van der Waals surface area contributed by atoms with E-state index in [2.05, 4.69) is 12.0 Å². The van der Waals surface area contributed by atoms with E-state index < -0.39 is 5.60 Å². The quantitative estimate of drug-likeness (QED) is 0.815. The molecule has 0 saturated heterocycles. The van der Waals surface area contributed by atoms with Crippen LogP contribution in [0.3, 0.4) is 0 Å². The van der Waals surface area contributed by atoms with E-state index in [9.17, 15) is 9.90 Å². The normalized spacial score (nSPS) is 19.2. The lowest BCUT2D eigenvalue weighted by Gasteiger charge is -2.29. The largest absolute Gasteiger partial charge is 0.382 e. The maximum atomic E-state index is 12.2. The van der Waals surface area contributed by atoms with Crippen molar-refractivity contribution in [2.75, 3.05) is 0 Å². The van der Waals surface area contributed by atoms with E-state index in [-0.39, 0.29) is 5.78 Å². The molecule has 1 aliphatic carbocycles. The SMILES string of the molecule is CCCn1cc(C(=O)C2(O)CCCCC2)cn1. The van der Waals surface area contributed by atoms with Crippen molar-refractivity contribution >= 4 is 5.78 Å². The maximum Gasteiger partial charge on any atom is 0.197 e. The van der Waals surface area contributed by atoms with Crippen molar-refractivity contribution in [1.29, 1.82) is 0 Å². The molecular formula is C13H20N2O2. The number of Topliss-reactive ketones (excluding diaryl/α,β-unsaturated/α-hetero) is 1. The first-order chi connectivity index (χ1) is 8.15. The van der Waals surface area contributed by atoms with Crippen LogP contribution in [0.1, 0.15) is 55.8 Å². The summed E-state index contributed by atoms with van der Waals surface area (Å²) < 4.78 is 1.76. The molecule has 1 aromatic heterocycles. The maximum absolute atomic E-state index is 12.2. The number of rotatable bonds is 4. The van der Waals surface area contributed by atoms with Gasteiger partial charge in [0.1, 0.15) is 5.60 Å². The zero-order chi connectivity index (χ0) is 12.3. The van der Waals surface area contributed by atoms with Crippen LogP contribution in [0.5, 0.6) is 0 Å². The number of carbonyl (C=O) groups is 1. The highest BCUT2D eigenvalue weighted by Gasteiger charge is 2.37. The van der Waals surface area contributed by atoms with Gasteiger partial charge in [0.25, 0.3) is 0 Å². The van der Waals surface area contributed by atoms with E-state index in [1.165, 1.54) is 0 Å². The molecule has 0 atom stereocenters. The summed E-state index contributed by atoms with van der Waals surface area (Å²) in [5, 5.41) is 14.5. The summed E-state index contributed by atoms with van der Waals surface area (Å²) in [6.45, 7) is 2.88. The summed E-state index contributed by atoms with van der Waals surface area (Å²) in [5.74, 6) is -0.153. The number of aromatic nitrogens is 2. The van der Waals surface area contributed by atoms with Crippen molar-refractivity contribution in [3.8, 4) is 0 Å². The molecular weight excluding hydrogens is 216 g/mol. The monoisotopic (exact) mass is 236 g/mol. The Balaban J connectivity index is 2.12. The van der Waals surface area contributed by atoms with Gasteiger partial charge in [-0.1, -0.05) is 26.2 Å². The number of ketones is 1. The third-order valence-electron chi connectivity index (χ3n) is 3.45. The number of hydrogen-bond acceptors (Lipinski definition) is 3. The highest BCUT2D eigenvalue weighted by atomic mass is 16.3. The van der Waals surface area contributed by atoms with E-state index in [0.717, 1.165) is 32.2 Å². The smallest absolute Gasteiger partial charge is 0.197 e. The van der Waals surface area contributed by atoms with Gasteiger partial charge < -0.3 is 5.11 Å².